The lowest BCUT2D eigenvalue weighted by atomic mass is 9.79. The van der Waals surface area contributed by atoms with Crippen LogP contribution < -0.4 is 10.3 Å². The summed E-state index contributed by atoms with van der Waals surface area (Å²) < 4.78 is 0. The quantitative estimate of drug-likeness (QED) is 0.397. The third-order valence-corrected chi connectivity index (χ3v) is 6.82. The van der Waals surface area contributed by atoms with E-state index in [4.69, 9.17) is 0 Å². The SMILES string of the molecule is CCN1c2ccc(/C=N/NC(=O)C(O)(c3ccccc3)c3ccccc3)cc2C(C)CC1(C)C. The summed E-state index contributed by atoms with van der Waals surface area (Å²) in [7, 11) is 0. The van der Waals surface area contributed by atoms with Gasteiger partial charge in [-0.05, 0) is 67.5 Å². The molecule has 0 fully saturated rings. The van der Waals surface area contributed by atoms with Crippen LogP contribution in [0.15, 0.2) is 84.0 Å². The highest BCUT2D eigenvalue weighted by molar-refractivity contribution is 5.91. The summed E-state index contributed by atoms with van der Waals surface area (Å²) in [5, 5.41) is 15.7. The summed E-state index contributed by atoms with van der Waals surface area (Å²) in [4.78, 5) is 15.7. The van der Waals surface area contributed by atoms with Gasteiger partial charge in [0, 0.05) is 17.8 Å². The molecular weight excluding hydrogens is 422 g/mol. The number of anilines is 1. The normalized spacial score (nSPS) is 17.4. The molecule has 1 heterocycles. The van der Waals surface area contributed by atoms with E-state index in [-0.39, 0.29) is 5.54 Å². The molecule has 34 heavy (non-hydrogen) atoms. The van der Waals surface area contributed by atoms with Gasteiger partial charge in [-0.1, -0.05) is 73.7 Å². The van der Waals surface area contributed by atoms with Crippen LogP contribution in [0.1, 0.15) is 62.3 Å². The standard InChI is InChI=1S/C29H33N3O2/c1-5-32-26-17-16-22(18-25(26)21(2)19-28(32,3)4)20-30-31-27(33)29(34,23-12-8-6-9-13-23)24-14-10-7-11-15-24/h6-18,20-21,34H,5,19H2,1-4H3,(H,31,33)/b30-20+. The zero-order chi connectivity index (χ0) is 24.3. The van der Waals surface area contributed by atoms with Crippen molar-refractivity contribution in [1.82, 2.24) is 5.43 Å². The fraction of sp³-hybridized carbons (Fsp3) is 0.310. The van der Waals surface area contributed by atoms with E-state index >= 15 is 0 Å². The Bertz CT molecular complexity index is 1130. The summed E-state index contributed by atoms with van der Waals surface area (Å²) >= 11 is 0. The Labute approximate surface area is 202 Å². The summed E-state index contributed by atoms with van der Waals surface area (Å²) in [5.74, 6) is -0.177. The molecule has 0 spiro atoms. The summed E-state index contributed by atoms with van der Waals surface area (Å²) in [6, 6.07) is 24.2. The molecule has 5 nitrogen and oxygen atoms in total. The van der Waals surface area contributed by atoms with E-state index in [1.807, 2.05) is 18.2 Å². The van der Waals surface area contributed by atoms with Crippen LogP contribution in [0.4, 0.5) is 5.69 Å². The highest BCUT2D eigenvalue weighted by Gasteiger charge is 2.40. The Morgan fingerprint density at radius 3 is 2.24 bits per heavy atom. The maximum atomic E-state index is 13.2. The van der Waals surface area contributed by atoms with Crippen LogP contribution in [-0.4, -0.2) is 29.3 Å². The molecule has 0 saturated carbocycles. The molecule has 176 valence electrons. The van der Waals surface area contributed by atoms with Crippen molar-refractivity contribution >= 4 is 17.8 Å². The minimum atomic E-state index is -1.85. The number of nitrogens with one attached hydrogen (secondary N) is 1. The molecule has 1 amide bonds. The zero-order valence-electron chi connectivity index (χ0n) is 20.3. The van der Waals surface area contributed by atoms with Gasteiger partial charge in [0.15, 0.2) is 5.60 Å². The van der Waals surface area contributed by atoms with Crippen LogP contribution >= 0.6 is 0 Å². The van der Waals surface area contributed by atoms with Crippen LogP contribution in [0.25, 0.3) is 0 Å². The van der Waals surface area contributed by atoms with Crippen molar-refractivity contribution in [3.63, 3.8) is 0 Å². The number of carbonyl (C=O) groups excluding carboxylic acids is 1. The van der Waals surface area contributed by atoms with Crippen molar-refractivity contribution in [2.75, 3.05) is 11.4 Å². The monoisotopic (exact) mass is 455 g/mol. The average Bonchev–Trinajstić information content (AvgIpc) is 2.84. The molecule has 0 bridgehead atoms. The fourth-order valence-electron chi connectivity index (χ4n) is 5.22. The fourth-order valence-corrected chi connectivity index (χ4v) is 5.22. The van der Waals surface area contributed by atoms with Gasteiger partial charge in [-0.2, -0.15) is 5.10 Å². The summed E-state index contributed by atoms with van der Waals surface area (Å²) in [6.07, 6.45) is 2.71. The van der Waals surface area contributed by atoms with E-state index in [1.165, 1.54) is 11.3 Å². The molecule has 1 atom stereocenters. The minimum absolute atomic E-state index is 0.115. The van der Waals surface area contributed by atoms with Gasteiger partial charge >= 0.3 is 0 Å². The van der Waals surface area contributed by atoms with E-state index in [0.717, 1.165) is 18.5 Å². The van der Waals surface area contributed by atoms with Crippen molar-refractivity contribution in [2.45, 2.75) is 51.2 Å². The first-order chi connectivity index (χ1) is 16.3. The second kappa shape index (κ2) is 9.43. The van der Waals surface area contributed by atoms with Gasteiger partial charge in [0.2, 0.25) is 0 Å². The Morgan fingerprint density at radius 2 is 1.68 bits per heavy atom. The molecule has 3 aromatic rings. The molecule has 0 aliphatic carbocycles. The molecule has 2 N–H and O–H groups in total. The van der Waals surface area contributed by atoms with Crippen molar-refractivity contribution in [2.24, 2.45) is 5.10 Å². The number of hydrazone groups is 1. The number of fused-ring (bicyclic) bond motifs is 1. The number of amides is 1. The number of rotatable bonds is 6. The zero-order valence-corrected chi connectivity index (χ0v) is 20.3. The van der Waals surface area contributed by atoms with Crippen molar-refractivity contribution in [1.29, 1.82) is 0 Å². The van der Waals surface area contributed by atoms with E-state index in [2.05, 4.69) is 55.3 Å². The van der Waals surface area contributed by atoms with Crippen LogP contribution in [0.3, 0.4) is 0 Å². The van der Waals surface area contributed by atoms with E-state index in [0.29, 0.717) is 17.0 Å². The topological polar surface area (TPSA) is 64.9 Å². The lowest BCUT2D eigenvalue weighted by molar-refractivity contribution is -0.136. The van der Waals surface area contributed by atoms with Crippen LogP contribution in [0, 0.1) is 0 Å². The lowest BCUT2D eigenvalue weighted by Gasteiger charge is -2.47. The van der Waals surface area contributed by atoms with E-state index < -0.39 is 11.5 Å². The Hall–Kier alpha value is -3.44. The van der Waals surface area contributed by atoms with Crippen LogP contribution in [0.2, 0.25) is 0 Å². The molecule has 0 saturated heterocycles. The maximum absolute atomic E-state index is 13.2. The van der Waals surface area contributed by atoms with E-state index in [1.54, 1.807) is 54.7 Å². The second-order valence-electron chi connectivity index (χ2n) is 9.62. The van der Waals surface area contributed by atoms with Gasteiger partial charge in [-0.3, -0.25) is 4.79 Å². The molecule has 1 unspecified atom stereocenters. The van der Waals surface area contributed by atoms with Gasteiger partial charge in [-0.25, -0.2) is 5.43 Å². The van der Waals surface area contributed by atoms with Gasteiger partial charge < -0.3 is 10.0 Å². The minimum Gasteiger partial charge on any atom is -0.372 e. The molecule has 5 heteroatoms. The number of nitrogens with zero attached hydrogens (tertiary/aromatic N) is 2. The predicted molar refractivity (Wildman–Crippen MR) is 138 cm³/mol. The molecular formula is C29H33N3O2. The van der Waals surface area contributed by atoms with Crippen LogP contribution in [-0.2, 0) is 10.4 Å². The Kier molecular flexibility index (Phi) is 6.58. The molecule has 1 aliphatic rings. The highest BCUT2D eigenvalue weighted by atomic mass is 16.3. The predicted octanol–water partition coefficient (Wildman–Crippen LogP) is 5.18. The molecule has 0 aromatic heterocycles. The van der Waals surface area contributed by atoms with Crippen molar-refractivity contribution < 1.29 is 9.90 Å². The molecule has 0 radical (unpaired) electrons. The Balaban J connectivity index is 1.58. The first-order valence-electron chi connectivity index (χ1n) is 11.9. The first-order valence-corrected chi connectivity index (χ1v) is 11.9. The van der Waals surface area contributed by atoms with Crippen molar-refractivity contribution in [3.05, 3.63) is 101 Å². The van der Waals surface area contributed by atoms with Gasteiger partial charge in [0.1, 0.15) is 0 Å². The van der Waals surface area contributed by atoms with E-state index in [9.17, 15) is 9.90 Å². The highest BCUT2D eigenvalue weighted by Crippen LogP contribution is 2.43. The Morgan fingerprint density at radius 1 is 1.09 bits per heavy atom. The number of carbonyl (C=O) groups is 1. The number of benzene rings is 3. The summed E-state index contributed by atoms with van der Waals surface area (Å²) in [5.41, 5.74) is 5.26. The molecule has 1 aliphatic heterocycles. The van der Waals surface area contributed by atoms with Gasteiger partial charge in [0.05, 0.1) is 6.21 Å². The number of hydrogen-bond acceptors (Lipinski definition) is 4. The van der Waals surface area contributed by atoms with Crippen molar-refractivity contribution in [3.8, 4) is 0 Å². The third kappa shape index (κ3) is 4.36. The van der Waals surface area contributed by atoms with Crippen LogP contribution in [0.5, 0.6) is 0 Å². The maximum Gasteiger partial charge on any atom is 0.281 e. The number of hydrogen-bond donors (Lipinski definition) is 2. The largest absolute Gasteiger partial charge is 0.372 e. The van der Waals surface area contributed by atoms with Gasteiger partial charge in [-0.15, -0.1) is 0 Å². The number of aliphatic hydroxyl groups is 1. The third-order valence-electron chi connectivity index (χ3n) is 6.82. The van der Waals surface area contributed by atoms with Gasteiger partial charge in [0.25, 0.3) is 5.91 Å². The molecule has 3 aromatic carbocycles. The second-order valence-corrected chi connectivity index (χ2v) is 9.62. The average molecular weight is 456 g/mol. The molecule has 4 rings (SSSR count). The summed E-state index contributed by atoms with van der Waals surface area (Å²) in [6.45, 7) is 9.99. The first kappa shape index (κ1) is 23.7. The smallest absolute Gasteiger partial charge is 0.281 e. The lowest BCUT2D eigenvalue weighted by Crippen LogP contribution is -2.48.